The molecule has 0 saturated carbocycles. The van der Waals surface area contributed by atoms with Crippen LogP contribution in [0, 0.1) is 17.8 Å². The van der Waals surface area contributed by atoms with Gasteiger partial charge in [0.1, 0.15) is 5.70 Å². The number of hydrogen-bond acceptors (Lipinski definition) is 10. The third kappa shape index (κ3) is 4.89. The molecular weight excluding hydrogens is 534 g/mol. The Balaban J connectivity index is 1.24. The lowest BCUT2D eigenvalue weighted by Gasteiger charge is -2.47. The molecule has 8 atom stereocenters. The standard InChI is InChI=1S/C24H35N5O7S2/c1-11(5-17(30)16-9-38(35,36)10-27-16)18-19-12(2)21(20(24(33)34)29(19)23(18)32)37-14-6-15(26-7-14)22(31)28-4-3-13(25)8-28/h11-16,18-19,26-27H,3-10,25H2,1-2H3,(H,33,34)/t11-,12+,13+,14-,15-,16-,18+,19+/m0/s1. The van der Waals surface area contributed by atoms with E-state index in [-0.39, 0.29) is 76.6 Å². The van der Waals surface area contributed by atoms with Gasteiger partial charge in [-0.25, -0.2) is 13.2 Å². The smallest absolute Gasteiger partial charge is 0.353 e. The predicted octanol–water partition coefficient (Wildman–Crippen LogP) is -1.28. The molecule has 4 saturated heterocycles. The van der Waals surface area contributed by atoms with Crippen LogP contribution in [0.4, 0.5) is 0 Å². The number of nitrogens with zero attached hydrogens (tertiary/aromatic N) is 2. The fourth-order valence-electron chi connectivity index (χ4n) is 6.53. The molecule has 0 aromatic heterocycles. The number of rotatable bonds is 8. The Morgan fingerprint density at radius 3 is 2.58 bits per heavy atom. The summed E-state index contributed by atoms with van der Waals surface area (Å²) in [4.78, 5) is 54.8. The maximum absolute atomic E-state index is 13.2. The van der Waals surface area contributed by atoms with Crippen LogP contribution in [0.15, 0.2) is 10.6 Å². The molecule has 2 amide bonds. The minimum absolute atomic E-state index is 0.00306. The number of carbonyl (C=O) groups excluding carboxylic acids is 3. The van der Waals surface area contributed by atoms with Crippen LogP contribution < -0.4 is 16.4 Å². The average Bonchev–Trinajstić information content (AvgIpc) is 3.61. The van der Waals surface area contributed by atoms with E-state index in [1.54, 1.807) is 11.8 Å². The first-order chi connectivity index (χ1) is 17.9. The van der Waals surface area contributed by atoms with Crippen molar-refractivity contribution in [2.75, 3.05) is 31.3 Å². The lowest BCUT2D eigenvalue weighted by atomic mass is 9.73. The second-order valence-electron chi connectivity index (χ2n) is 11.3. The number of β-lactam (4-membered cyclic amide) rings is 1. The summed E-state index contributed by atoms with van der Waals surface area (Å²) in [6.45, 7) is 5.45. The molecule has 0 aromatic rings. The van der Waals surface area contributed by atoms with E-state index in [2.05, 4.69) is 10.6 Å². The lowest BCUT2D eigenvalue weighted by molar-refractivity contribution is -0.160. The number of aliphatic carboxylic acids is 1. The zero-order valence-corrected chi connectivity index (χ0v) is 23.1. The molecule has 12 nitrogen and oxygen atoms in total. The summed E-state index contributed by atoms with van der Waals surface area (Å²) < 4.78 is 23.4. The SMILES string of the molecule is C[C@@H](CC(=O)[C@@H]1CS(=O)(=O)CN1)[C@H]1C(=O)N2C(C(=O)O)=C(S[C@@H]3CN[C@H](C(=O)N4CC[C@@H](N)C4)C3)[C@H](C)[C@H]12. The molecule has 4 fully saturated rings. The van der Waals surface area contributed by atoms with Crippen LogP contribution in [0.25, 0.3) is 0 Å². The Kier molecular flexibility index (Phi) is 7.39. The van der Waals surface area contributed by atoms with Crippen LogP contribution in [0.2, 0.25) is 0 Å². The molecule has 210 valence electrons. The van der Waals surface area contributed by atoms with E-state index in [0.29, 0.717) is 31.0 Å². The fourth-order valence-corrected chi connectivity index (χ4v) is 9.39. The number of likely N-dealkylation sites (tertiary alicyclic amines) is 1. The molecule has 5 rings (SSSR count). The van der Waals surface area contributed by atoms with E-state index in [9.17, 15) is 32.7 Å². The van der Waals surface area contributed by atoms with Crippen molar-refractivity contribution in [3.8, 4) is 0 Å². The third-order valence-electron chi connectivity index (χ3n) is 8.51. The first-order valence-electron chi connectivity index (χ1n) is 13.1. The number of amides is 2. The van der Waals surface area contributed by atoms with Crippen molar-refractivity contribution < 1.29 is 32.7 Å². The zero-order valence-electron chi connectivity index (χ0n) is 21.5. The summed E-state index contributed by atoms with van der Waals surface area (Å²) in [6, 6.07) is -1.47. The number of sulfone groups is 1. The van der Waals surface area contributed by atoms with E-state index in [1.165, 1.54) is 16.7 Å². The summed E-state index contributed by atoms with van der Waals surface area (Å²) in [5, 5.41) is 16.0. The number of ketones is 1. The van der Waals surface area contributed by atoms with Crippen molar-refractivity contribution in [3.63, 3.8) is 0 Å². The number of Topliss-reactive ketones (excluding diaryl/α,β-unsaturated/α-hetero) is 1. The minimum Gasteiger partial charge on any atom is -0.477 e. The topological polar surface area (TPSA) is 179 Å². The number of carbonyl (C=O) groups is 4. The van der Waals surface area contributed by atoms with E-state index < -0.39 is 27.8 Å². The molecule has 0 unspecified atom stereocenters. The molecule has 5 N–H and O–H groups in total. The molecule has 5 aliphatic rings. The van der Waals surface area contributed by atoms with Gasteiger partial charge < -0.3 is 26.0 Å². The van der Waals surface area contributed by atoms with Gasteiger partial charge in [0.15, 0.2) is 15.6 Å². The van der Waals surface area contributed by atoms with E-state index in [1.807, 2.05) is 6.92 Å². The molecule has 5 aliphatic heterocycles. The number of carboxylic acid groups (broad SMARTS) is 1. The Labute approximate surface area is 226 Å². The predicted molar refractivity (Wildman–Crippen MR) is 139 cm³/mol. The van der Waals surface area contributed by atoms with Crippen LogP contribution in [0.3, 0.4) is 0 Å². The maximum Gasteiger partial charge on any atom is 0.353 e. The summed E-state index contributed by atoms with van der Waals surface area (Å²) >= 11 is 1.42. The normalized spacial score (nSPS) is 36.9. The Morgan fingerprint density at radius 1 is 1.24 bits per heavy atom. The first kappa shape index (κ1) is 27.6. The van der Waals surface area contributed by atoms with Crippen molar-refractivity contribution in [1.29, 1.82) is 0 Å². The lowest BCUT2D eigenvalue weighted by Crippen LogP contribution is -2.62. The summed E-state index contributed by atoms with van der Waals surface area (Å²) in [6.07, 6.45) is 1.39. The molecule has 38 heavy (non-hydrogen) atoms. The quantitative estimate of drug-likeness (QED) is 0.256. The third-order valence-corrected chi connectivity index (χ3v) is 11.5. The van der Waals surface area contributed by atoms with Crippen molar-refractivity contribution in [2.45, 2.75) is 62.5 Å². The molecule has 0 spiro atoms. The number of nitrogens with one attached hydrogen (secondary N) is 2. The highest BCUT2D eigenvalue weighted by Crippen LogP contribution is 2.53. The highest BCUT2D eigenvalue weighted by molar-refractivity contribution is 8.03. The summed E-state index contributed by atoms with van der Waals surface area (Å²) in [5.41, 5.74) is 5.94. The highest BCUT2D eigenvalue weighted by atomic mass is 32.2. The second-order valence-corrected chi connectivity index (χ2v) is 14.7. The van der Waals surface area contributed by atoms with E-state index in [0.717, 1.165) is 6.42 Å². The Bertz CT molecular complexity index is 1190. The van der Waals surface area contributed by atoms with Gasteiger partial charge in [0.25, 0.3) is 0 Å². The van der Waals surface area contributed by atoms with Gasteiger partial charge in [-0.15, -0.1) is 11.8 Å². The monoisotopic (exact) mass is 569 g/mol. The second kappa shape index (κ2) is 10.2. The van der Waals surface area contributed by atoms with Gasteiger partial charge in [-0.1, -0.05) is 13.8 Å². The number of fused-ring (bicyclic) bond motifs is 1. The van der Waals surface area contributed by atoms with Gasteiger partial charge in [0, 0.05) is 48.2 Å². The van der Waals surface area contributed by atoms with Crippen molar-refractivity contribution >= 4 is 45.2 Å². The van der Waals surface area contributed by atoms with Gasteiger partial charge in [-0.3, -0.25) is 19.7 Å². The number of hydrogen-bond donors (Lipinski definition) is 4. The average molecular weight is 570 g/mol. The molecule has 0 aromatic carbocycles. The molecular formula is C24H35N5O7S2. The Hall–Kier alpha value is -2.00. The molecule has 14 heteroatoms. The zero-order chi connectivity index (χ0) is 27.5. The number of carboxylic acids is 1. The van der Waals surface area contributed by atoms with E-state index >= 15 is 0 Å². The van der Waals surface area contributed by atoms with Crippen LogP contribution in [-0.2, 0) is 29.0 Å². The molecule has 5 heterocycles. The number of thioether (sulfide) groups is 1. The molecule has 0 bridgehead atoms. The highest BCUT2D eigenvalue weighted by Gasteiger charge is 2.60. The van der Waals surface area contributed by atoms with Crippen molar-refractivity contribution in [1.82, 2.24) is 20.4 Å². The summed E-state index contributed by atoms with van der Waals surface area (Å²) in [7, 11) is -3.29. The van der Waals surface area contributed by atoms with Gasteiger partial charge in [0.05, 0.1) is 35.7 Å². The minimum atomic E-state index is -3.29. The largest absolute Gasteiger partial charge is 0.477 e. The first-order valence-corrected chi connectivity index (χ1v) is 15.8. The van der Waals surface area contributed by atoms with Crippen molar-refractivity contribution in [2.24, 2.45) is 23.5 Å². The Morgan fingerprint density at radius 2 is 1.97 bits per heavy atom. The van der Waals surface area contributed by atoms with Crippen LogP contribution in [-0.4, -0.2) is 108 Å². The van der Waals surface area contributed by atoms with Gasteiger partial charge >= 0.3 is 5.97 Å². The van der Waals surface area contributed by atoms with Crippen molar-refractivity contribution in [3.05, 3.63) is 10.6 Å². The fraction of sp³-hybridized carbons (Fsp3) is 0.750. The van der Waals surface area contributed by atoms with Crippen LogP contribution in [0.1, 0.15) is 33.1 Å². The molecule has 0 aliphatic carbocycles. The maximum atomic E-state index is 13.2. The van der Waals surface area contributed by atoms with Gasteiger partial charge in [-0.05, 0) is 18.8 Å². The van der Waals surface area contributed by atoms with Crippen LogP contribution in [0.5, 0.6) is 0 Å². The molecule has 0 radical (unpaired) electrons. The summed E-state index contributed by atoms with van der Waals surface area (Å²) in [5.74, 6) is -3.28. The number of nitrogens with two attached hydrogens (primary N) is 1. The van der Waals surface area contributed by atoms with Gasteiger partial charge in [-0.2, -0.15) is 0 Å². The van der Waals surface area contributed by atoms with E-state index in [4.69, 9.17) is 5.73 Å². The van der Waals surface area contributed by atoms with Gasteiger partial charge in [0.2, 0.25) is 11.8 Å². The van der Waals surface area contributed by atoms with Crippen LogP contribution >= 0.6 is 11.8 Å².